The summed E-state index contributed by atoms with van der Waals surface area (Å²) < 4.78 is 11.3. The van der Waals surface area contributed by atoms with Crippen molar-refractivity contribution in [2.75, 3.05) is 20.0 Å². The lowest BCUT2D eigenvalue weighted by atomic mass is 9.45. The van der Waals surface area contributed by atoms with Crippen molar-refractivity contribution in [3.63, 3.8) is 0 Å². The molecule has 0 aromatic carbocycles. The number of aliphatic hydroxyl groups excluding tert-OH is 2. The van der Waals surface area contributed by atoms with Crippen molar-refractivity contribution in [2.45, 2.75) is 96.9 Å². The molecule has 2 saturated carbocycles. The fourth-order valence-corrected chi connectivity index (χ4v) is 6.36. The van der Waals surface area contributed by atoms with E-state index in [-0.39, 0.29) is 31.3 Å². The van der Waals surface area contributed by atoms with Crippen LogP contribution in [0.15, 0.2) is 12.7 Å². The summed E-state index contributed by atoms with van der Waals surface area (Å²) in [6.45, 7) is 14.7. The number of ether oxygens (including phenoxy) is 2. The zero-order valence-corrected chi connectivity index (χ0v) is 19.2. The smallest absolute Gasteiger partial charge is 0.148 e. The van der Waals surface area contributed by atoms with Gasteiger partial charge in [0, 0.05) is 0 Å². The Morgan fingerprint density at radius 3 is 2.38 bits per heavy atom. The Bertz CT molecular complexity index is 541. The second kappa shape index (κ2) is 9.35. The molecule has 5 nitrogen and oxygen atoms in total. The Kier molecular flexibility index (Phi) is 8.00. The first kappa shape index (κ1) is 24.8. The van der Waals surface area contributed by atoms with Gasteiger partial charge in [-0.15, -0.1) is 6.58 Å². The van der Waals surface area contributed by atoms with Crippen molar-refractivity contribution in [3.05, 3.63) is 12.7 Å². The van der Waals surface area contributed by atoms with E-state index in [0.717, 1.165) is 25.7 Å². The maximum absolute atomic E-state index is 11.3. The highest BCUT2D eigenvalue weighted by Gasteiger charge is 2.57. The van der Waals surface area contributed by atoms with E-state index in [4.69, 9.17) is 19.7 Å². The van der Waals surface area contributed by atoms with E-state index in [9.17, 15) is 5.11 Å². The fraction of sp³-hybridized carbons (Fsp3) is 0.917. The molecular weight excluding hydrogens is 368 g/mol. The van der Waals surface area contributed by atoms with Crippen LogP contribution in [0.5, 0.6) is 0 Å². The third-order valence-corrected chi connectivity index (χ3v) is 8.22. The van der Waals surface area contributed by atoms with Crippen LogP contribution >= 0.6 is 0 Å². The first-order valence-electron chi connectivity index (χ1n) is 11.3. The Morgan fingerprint density at radius 1 is 1.14 bits per heavy atom. The van der Waals surface area contributed by atoms with Gasteiger partial charge in [0.2, 0.25) is 0 Å². The molecule has 170 valence electrons. The number of hydrogen-bond donors (Lipinski definition) is 3. The van der Waals surface area contributed by atoms with Crippen LogP contribution in [-0.4, -0.2) is 52.6 Å². The van der Waals surface area contributed by atoms with Gasteiger partial charge < -0.3 is 24.8 Å². The molecule has 3 N–H and O–H groups in total. The first-order chi connectivity index (χ1) is 13.4. The summed E-state index contributed by atoms with van der Waals surface area (Å²) in [5, 5.41) is 29.6. The van der Waals surface area contributed by atoms with Crippen LogP contribution < -0.4 is 0 Å². The number of hydrogen-bond acceptors (Lipinski definition) is 5. The molecule has 0 spiro atoms. The molecule has 0 bridgehead atoms. The van der Waals surface area contributed by atoms with Crippen LogP contribution in [0, 0.1) is 22.7 Å². The van der Waals surface area contributed by atoms with Crippen LogP contribution in [0.1, 0.15) is 79.6 Å². The summed E-state index contributed by atoms with van der Waals surface area (Å²) >= 11 is 0. The Morgan fingerprint density at radius 2 is 1.79 bits per heavy atom. The van der Waals surface area contributed by atoms with Crippen LogP contribution in [-0.2, 0) is 9.47 Å². The van der Waals surface area contributed by atoms with E-state index >= 15 is 0 Å². The van der Waals surface area contributed by atoms with Crippen molar-refractivity contribution >= 4 is 0 Å². The minimum absolute atomic E-state index is 0.0116. The van der Waals surface area contributed by atoms with Crippen molar-refractivity contribution in [1.29, 1.82) is 0 Å². The van der Waals surface area contributed by atoms with E-state index in [0.29, 0.717) is 11.3 Å². The van der Waals surface area contributed by atoms with Crippen LogP contribution in [0.4, 0.5) is 0 Å². The number of aliphatic hydroxyl groups is 3. The highest BCUT2D eigenvalue weighted by atomic mass is 16.7. The third-order valence-electron chi connectivity index (χ3n) is 8.22. The fourth-order valence-electron chi connectivity index (χ4n) is 6.36. The van der Waals surface area contributed by atoms with Gasteiger partial charge in [-0.3, -0.25) is 0 Å². The van der Waals surface area contributed by atoms with E-state index in [1.165, 1.54) is 19.3 Å². The van der Waals surface area contributed by atoms with Gasteiger partial charge in [0.15, 0.2) is 0 Å². The molecule has 5 heteroatoms. The molecule has 0 aromatic heterocycles. The Labute approximate surface area is 177 Å². The SMILES string of the molecule is C=CC(C)(CC[C@H]1C(C)(O)CCC2C(C)(C)CCC[C@@]21C)OCOC(CO)CO. The zero-order chi connectivity index (χ0) is 21.9. The highest BCUT2D eigenvalue weighted by molar-refractivity contribution is 5.08. The van der Waals surface area contributed by atoms with Gasteiger partial charge in [-0.1, -0.05) is 33.3 Å². The highest BCUT2D eigenvalue weighted by Crippen LogP contribution is 2.63. The predicted octanol–water partition coefficient (Wildman–Crippen LogP) is 4.05. The predicted molar refractivity (Wildman–Crippen MR) is 115 cm³/mol. The van der Waals surface area contributed by atoms with Gasteiger partial charge in [-0.2, -0.15) is 0 Å². The number of rotatable bonds is 10. The van der Waals surface area contributed by atoms with E-state index in [1.807, 2.05) is 13.8 Å². The van der Waals surface area contributed by atoms with Gasteiger partial charge in [0.1, 0.15) is 12.9 Å². The van der Waals surface area contributed by atoms with Crippen LogP contribution in [0.2, 0.25) is 0 Å². The molecule has 0 saturated heterocycles. The van der Waals surface area contributed by atoms with Gasteiger partial charge in [-0.05, 0) is 75.0 Å². The molecule has 2 aliphatic rings. The quantitative estimate of drug-likeness (QED) is 0.373. The van der Waals surface area contributed by atoms with Gasteiger partial charge in [-0.25, -0.2) is 0 Å². The summed E-state index contributed by atoms with van der Waals surface area (Å²) in [6.07, 6.45) is 8.38. The largest absolute Gasteiger partial charge is 0.394 e. The lowest BCUT2D eigenvalue weighted by molar-refractivity contribution is -0.181. The average Bonchev–Trinajstić information content (AvgIpc) is 2.63. The maximum atomic E-state index is 11.3. The molecular formula is C24H44O5. The summed E-state index contributed by atoms with van der Waals surface area (Å²) in [6, 6.07) is 0. The minimum Gasteiger partial charge on any atom is -0.394 e. The first-order valence-corrected chi connectivity index (χ1v) is 11.3. The standard InChI is InChI=1S/C24H44O5/c1-7-22(4,29-17-28-18(15-25)16-26)13-9-20-23(5)12-8-11-21(2,3)19(23)10-14-24(20,6)27/h7,18-20,25-27H,1,8-17H2,2-6H3/t19?,20-,22?,23+,24?/m1/s1. The summed E-state index contributed by atoms with van der Waals surface area (Å²) in [5.74, 6) is 0.836. The minimum atomic E-state index is -0.671. The van der Waals surface area contributed by atoms with E-state index in [2.05, 4.69) is 27.4 Å². The molecule has 0 radical (unpaired) electrons. The molecule has 5 atom stereocenters. The molecule has 2 rings (SSSR count). The van der Waals surface area contributed by atoms with Crippen molar-refractivity contribution in [3.8, 4) is 0 Å². The molecule has 29 heavy (non-hydrogen) atoms. The van der Waals surface area contributed by atoms with E-state index in [1.54, 1.807) is 6.08 Å². The average molecular weight is 413 g/mol. The third kappa shape index (κ3) is 5.43. The molecule has 0 aliphatic heterocycles. The lowest BCUT2D eigenvalue weighted by Gasteiger charge is -2.61. The lowest BCUT2D eigenvalue weighted by Crippen LogP contribution is -2.57. The maximum Gasteiger partial charge on any atom is 0.148 e. The summed E-state index contributed by atoms with van der Waals surface area (Å²) in [7, 11) is 0. The van der Waals surface area contributed by atoms with Gasteiger partial charge in [0.05, 0.1) is 24.4 Å². The Balaban J connectivity index is 2.09. The molecule has 2 fully saturated rings. The van der Waals surface area contributed by atoms with Crippen LogP contribution in [0.25, 0.3) is 0 Å². The second-order valence-corrected chi connectivity index (χ2v) is 10.8. The molecule has 0 aromatic rings. The summed E-state index contributed by atoms with van der Waals surface area (Å²) in [4.78, 5) is 0. The second-order valence-electron chi connectivity index (χ2n) is 10.8. The zero-order valence-electron chi connectivity index (χ0n) is 19.2. The van der Waals surface area contributed by atoms with Gasteiger partial charge in [0.25, 0.3) is 0 Å². The van der Waals surface area contributed by atoms with Crippen molar-refractivity contribution in [2.24, 2.45) is 22.7 Å². The monoisotopic (exact) mass is 412 g/mol. The van der Waals surface area contributed by atoms with Crippen LogP contribution in [0.3, 0.4) is 0 Å². The molecule has 2 aliphatic carbocycles. The Hall–Kier alpha value is -0.460. The van der Waals surface area contributed by atoms with Crippen molar-refractivity contribution < 1.29 is 24.8 Å². The topological polar surface area (TPSA) is 79.2 Å². The number of fused-ring (bicyclic) bond motifs is 1. The van der Waals surface area contributed by atoms with E-state index < -0.39 is 17.3 Å². The molecule has 0 heterocycles. The van der Waals surface area contributed by atoms with Gasteiger partial charge >= 0.3 is 0 Å². The molecule has 0 amide bonds. The van der Waals surface area contributed by atoms with Crippen molar-refractivity contribution in [1.82, 2.24) is 0 Å². The summed E-state index contributed by atoms with van der Waals surface area (Å²) in [5.41, 5.74) is -0.812. The normalized spacial score (nSPS) is 36.4. The molecule has 3 unspecified atom stereocenters.